The van der Waals surface area contributed by atoms with Crippen molar-refractivity contribution in [2.45, 2.75) is 46.6 Å². The number of anilines is 1. The highest BCUT2D eigenvalue weighted by Crippen LogP contribution is 2.29. The normalized spacial score (nSPS) is 11.4. The van der Waals surface area contributed by atoms with Crippen molar-refractivity contribution in [3.8, 4) is 5.75 Å². The van der Waals surface area contributed by atoms with Crippen LogP contribution in [0.3, 0.4) is 0 Å². The second-order valence-electron chi connectivity index (χ2n) is 5.95. The Morgan fingerprint density at radius 3 is 2.11 bits per heavy atom. The molecule has 0 atom stereocenters. The van der Waals surface area contributed by atoms with Crippen molar-refractivity contribution in [2.75, 3.05) is 12.4 Å². The fraction of sp³-hybridized carbons (Fsp3) is 0.625. The van der Waals surface area contributed by atoms with Gasteiger partial charge in [-0.2, -0.15) is 0 Å². The fourth-order valence-corrected chi connectivity index (χ4v) is 2.88. The smallest absolute Gasteiger partial charge is 0.133 e. The lowest BCUT2D eigenvalue weighted by molar-refractivity contribution is 0.412. The summed E-state index contributed by atoms with van der Waals surface area (Å²) in [4.78, 5) is 0. The van der Waals surface area contributed by atoms with Crippen LogP contribution in [0.1, 0.15) is 40.5 Å². The third-order valence-corrected chi connectivity index (χ3v) is 3.65. The van der Waals surface area contributed by atoms with Gasteiger partial charge in [0.15, 0.2) is 0 Å². The molecule has 0 radical (unpaired) electrons. The van der Waals surface area contributed by atoms with Gasteiger partial charge in [0.1, 0.15) is 5.75 Å². The van der Waals surface area contributed by atoms with Gasteiger partial charge in [0, 0.05) is 11.7 Å². The number of rotatable bonds is 7. The molecule has 0 saturated carbocycles. The van der Waals surface area contributed by atoms with E-state index in [1.807, 2.05) is 6.07 Å². The van der Waals surface area contributed by atoms with Gasteiger partial charge in [-0.25, -0.2) is 0 Å². The lowest BCUT2D eigenvalue weighted by Gasteiger charge is -2.24. The number of benzene rings is 1. The van der Waals surface area contributed by atoms with Crippen molar-refractivity contribution >= 4 is 21.6 Å². The second-order valence-corrected chi connectivity index (χ2v) is 6.80. The van der Waals surface area contributed by atoms with E-state index in [0.717, 1.165) is 15.9 Å². The lowest BCUT2D eigenvalue weighted by atomic mass is 9.95. The van der Waals surface area contributed by atoms with Crippen LogP contribution < -0.4 is 10.1 Å². The largest absolute Gasteiger partial charge is 0.496 e. The molecule has 0 aliphatic carbocycles. The number of hydrogen-bond acceptors (Lipinski definition) is 2. The summed E-state index contributed by atoms with van der Waals surface area (Å²) >= 11 is 3.53. The zero-order valence-electron chi connectivity index (χ0n) is 12.7. The van der Waals surface area contributed by atoms with Crippen LogP contribution in [0.5, 0.6) is 5.75 Å². The van der Waals surface area contributed by atoms with Crippen molar-refractivity contribution < 1.29 is 4.74 Å². The first kappa shape index (κ1) is 16.4. The van der Waals surface area contributed by atoms with Gasteiger partial charge in [0.2, 0.25) is 0 Å². The van der Waals surface area contributed by atoms with E-state index in [1.54, 1.807) is 7.11 Å². The number of halogens is 1. The molecule has 0 amide bonds. The van der Waals surface area contributed by atoms with E-state index in [0.29, 0.717) is 17.9 Å². The van der Waals surface area contributed by atoms with Crippen LogP contribution in [-0.4, -0.2) is 13.2 Å². The average molecular weight is 328 g/mol. The molecule has 2 nitrogen and oxygen atoms in total. The van der Waals surface area contributed by atoms with Crippen LogP contribution in [0, 0.1) is 11.8 Å². The van der Waals surface area contributed by atoms with Gasteiger partial charge in [-0.15, -0.1) is 0 Å². The van der Waals surface area contributed by atoms with Crippen molar-refractivity contribution in [3.05, 3.63) is 22.7 Å². The zero-order chi connectivity index (χ0) is 14.4. The molecule has 0 aromatic heterocycles. The predicted octanol–water partition coefficient (Wildman–Crippen LogP) is 5.33. The summed E-state index contributed by atoms with van der Waals surface area (Å²) in [5, 5.41) is 3.65. The molecule has 19 heavy (non-hydrogen) atoms. The average Bonchev–Trinajstić information content (AvgIpc) is 2.27. The van der Waals surface area contributed by atoms with Crippen molar-refractivity contribution in [1.82, 2.24) is 0 Å². The Hall–Kier alpha value is -0.700. The summed E-state index contributed by atoms with van der Waals surface area (Å²) in [7, 11) is 1.69. The maximum Gasteiger partial charge on any atom is 0.133 e. The van der Waals surface area contributed by atoms with Crippen LogP contribution in [0.25, 0.3) is 0 Å². The van der Waals surface area contributed by atoms with E-state index in [-0.39, 0.29) is 0 Å². The van der Waals surface area contributed by atoms with E-state index < -0.39 is 0 Å². The Morgan fingerprint density at radius 1 is 1.11 bits per heavy atom. The lowest BCUT2D eigenvalue weighted by Crippen LogP contribution is -2.23. The van der Waals surface area contributed by atoms with Crippen molar-refractivity contribution in [2.24, 2.45) is 11.8 Å². The van der Waals surface area contributed by atoms with Crippen LogP contribution in [0.4, 0.5) is 5.69 Å². The topological polar surface area (TPSA) is 21.3 Å². The van der Waals surface area contributed by atoms with E-state index in [2.05, 4.69) is 61.1 Å². The molecule has 0 heterocycles. The summed E-state index contributed by atoms with van der Waals surface area (Å²) < 4.78 is 6.25. The number of nitrogens with one attached hydrogen (secondary N) is 1. The molecule has 1 rings (SSSR count). The summed E-state index contributed by atoms with van der Waals surface area (Å²) in [6.45, 7) is 9.11. The van der Waals surface area contributed by atoms with Crippen LogP contribution in [0.2, 0.25) is 0 Å². The summed E-state index contributed by atoms with van der Waals surface area (Å²) in [5.74, 6) is 2.28. The second kappa shape index (κ2) is 7.78. The zero-order valence-corrected chi connectivity index (χ0v) is 14.3. The Morgan fingerprint density at radius 2 is 1.68 bits per heavy atom. The third kappa shape index (κ3) is 5.85. The summed E-state index contributed by atoms with van der Waals surface area (Å²) in [6, 6.07) is 6.69. The molecule has 0 aliphatic rings. The molecule has 0 bridgehead atoms. The molecule has 3 heteroatoms. The number of hydrogen-bond donors (Lipinski definition) is 1. The van der Waals surface area contributed by atoms with E-state index >= 15 is 0 Å². The molecule has 1 aromatic carbocycles. The van der Waals surface area contributed by atoms with Crippen molar-refractivity contribution in [3.63, 3.8) is 0 Å². The fourth-order valence-electron chi connectivity index (χ4n) is 2.34. The molecule has 0 spiro atoms. The van der Waals surface area contributed by atoms with Gasteiger partial charge in [0.25, 0.3) is 0 Å². The van der Waals surface area contributed by atoms with Gasteiger partial charge < -0.3 is 10.1 Å². The summed E-state index contributed by atoms with van der Waals surface area (Å²) in [5.41, 5.74) is 1.15. The maximum absolute atomic E-state index is 5.26. The van der Waals surface area contributed by atoms with E-state index in [4.69, 9.17) is 4.74 Å². The molecular formula is C16H26BrNO. The van der Waals surface area contributed by atoms with Gasteiger partial charge >= 0.3 is 0 Å². The summed E-state index contributed by atoms with van der Waals surface area (Å²) in [6.07, 6.45) is 2.39. The highest BCUT2D eigenvalue weighted by Gasteiger charge is 2.13. The SMILES string of the molecule is COc1ccc(NC(CC(C)C)CC(C)C)cc1Br. The molecule has 1 N–H and O–H groups in total. The number of ether oxygens (including phenoxy) is 1. The first-order valence-electron chi connectivity index (χ1n) is 7.02. The van der Waals surface area contributed by atoms with Gasteiger partial charge in [-0.1, -0.05) is 27.7 Å². The molecule has 0 aliphatic heterocycles. The minimum atomic E-state index is 0.528. The van der Waals surface area contributed by atoms with Gasteiger partial charge in [0.05, 0.1) is 11.6 Å². The monoisotopic (exact) mass is 327 g/mol. The van der Waals surface area contributed by atoms with E-state index in [1.165, 1.54) is 12.8 Å². The Kier molecular flexibility index (Phi) is 6.70. The Balaban J connectivity index is 2.74. The molecule has 108 valence electrons. The van der Waals surface area contributed by atoms with Crippen LogP contribution in [-0.2, 0) is 0 Å². The minimum Gasteiger partial charge on any atom is -0.496 e. The van der Waals surface area contributed by atoms with Crippen LogP contribution in [0.15, 0.2) is 22.7 Å². The minimum absolute atomic E-state index is 0.528. The Bertz CT molecular complexity index is 380. The third-order valence-electron chi connectivity index (χ3n) is 3.03. The molecule has 0 saturated heterocycles. The highest BCUT2D eigenvalue weighted by atomic mass is 79.9. The van der Waals surface area contributed by atoms with E-state index in [9.17, 15) is 0 Å². The standard InChI is InChI=1S/C16H26BrNO/c1-11(2)8-14(9-12(3)4)18-13-6-7-16(19-5)15(17)10-13/h6-7,10-12,14,18H,8-9H2,1-5H3. The number of methoxy groups -OCH3 is 1. The predicted molar refractivity (Wildman–Crippen MR) is 87.0 cm³/mol. The molecule has 0 fully saturated rings. The van der Waals surface area contributed by atoms with Gasteiger partial charge in [-0.05, 0) is 58.8 Å². The molecule has 0 unspecified atom stereocenters. The van der Waals surface area contributed by atoms with Crippen LogP contribution >= 0.6 is 15.9 Å². The first-order valence-corrected chi connectivity index (χ1v) is 7.81. The highest BCUT2D eigenvalue weighted by molar-refractivity contribution is 9.10. The first-order chi connectivity index (χ1) is 8.92. The van der Waals surface area contributed by atoms with Crippen molar-refractivity contribution in [1.29, 1.82) is 0 Å². The quantitative estimate of drug-likeness (QED) is 0.730. The molecule has 1 aromatic rings. The molecular weight excluding hydrogens is 302 g/mol. The maximum atomic E-state index is 5.26. The Labute approximate surface area is 126 Å². The van der Waals surface area contributed by atoms with Gasteiger partial charge in [-0.3, -0.25) is 0 Å².